The van der Waals surface area contributed by atoms with Gasteiger partial charge in [0.2, 0.25) is 0 Å². The number of aliphatic hydroxyl groups is 1. The molecule has 0 atom stereocenters. The van der Waals surface area contributed by atoms with Gasteiger partial charge in [-0.15, -0.1) is 0 Å². The SMILES string of the molecule is OCOCC1CCC(c2ccc(Cl)cc2)CC1. The summed E-state index contributed by atoms with van der Waals surface area (Å²) in [7, 11) is 0. The molecule has 1 aromatic carbocycles. The van der Waals surface area contributed by atoms with Crippen LogP contribution in [0.25, 0.3) is 0 Å². The lowest BCUT2D eigenvalue weighted by Crippen LogP contribution is -2.18. The number of ether oxygens (including phenoxy) is 1. The average molecular weight is 255 g/mol. The number of benzene rings is 1. The van der Waals surface area contributed by atoms with Crippen LogP contribution in [0.4, 0.5) is 0 Å². The predicted octanol–water partition coefficient (Wildman–Crippen LogP) is 3.58. The third-order valence-electron chi connectivity index (χ3n) is 3.63. The first-order chi connectivity index (χ1) is 8.29. The van der Waals surface area contributed by atoms with Gasteiger partial charge in [0.1, 0.15) is 6.79 Å². The molecule has 1 fully saturated rings. The second-order valence-corrected chi connectivity index (χ2v) is 5.21. The smallest absolute Gasteiger partial charge is 0.143 e. The topological polar surface area (TPSA) is 29.5 Å². The van der Waals surface area contributed by atoms with Gasteiger partial charge in [0.05, 0.1) is 6.61 Å². The summed E-state index contributed by atoms with van der Waals surface area (Å²) >= 11 is 5.89. The van der Waals surface area contributed by atoms with Crippen molar-refractivity contribution in [2.45, 2.75) is 31.6 Å². The summed E-state index contributed by atoms with van der Waals surface area (Å²) in [5, 5.41) is 9.42. The molecule has 2 nitrogen and oxygen atoms in total. The minimum atomic E-state index is -0.156. The molecule has 3 heteroatoms. The van der Waals surface area contributed by atoms with E-state index in [-0.39, 0.29) is 6.79 Å². The summed E-state index contributed by atoms with van der Waals surface area (Å²) in [5.74, 6) is 1.28. The Balaban J connectivity index is 1.84. The van der Waals surface area contributed by atoms with Gasteiger partial charge in [0.15, 0.2) is 0 Å². The highest BCUT2D eigenvalue weighted by Gasteiger charge is 2.22. The normalized spacial score (nSPS) is 24.8. The summed E-state index contributed by atoms with van der Waals surface area (Å²) in [6.45, 7) is 0.543. The third-order valence-corrected chi connectivity index (χ3v) is 3.88. The Labute approximate surface area is 108 Å². The first kappa shape index (κ1) is 12.9. The molecule has 17 heavy (non-hydrogen) atoms. The van der Waals surface area contributed by atoms with Gasteiger partial charge in [0.25, 0.3) is 0 Å². The van der Waals surface area contributed by atoms with E-state index in [0.717, 1.165) is 5.02 Å². The molecule has 0 heterocycles. The van der Waals surface area contributed by atoms with E-state index in [1.165, 1.54) is 31.2 Å². The zero-order chi connectivity index (χ0) is 12.1. The molecule has 1 saturated carbocycles. The van der Waals surface area contributed by atoms with Crippen molar-refractivity contribution < 1.29 is 9.84 Å². The quantitative estimate of drug-likeness (QED) is 0.833. The van der Waals surface area contributed by atoms with Crippen molar-refractivity contribution in [2.75, 3.05) is 13.4 Å². The van der Waals surface area contributed by atoms with Crippen molar-refractivity contribution in [3.05, 3.63) is 34.9 Å². The van der Waals surface area contributed by atoms with Crippen molar-refractivity contribution in [3.8, 4) is 0 Å². The monoisotopic (exact) mass is 254 g/mol. The number of hydrogen-bond acceptors (Lipinski definition) is 2. The molecule has 0 aliphatic heterocycles. The number of hydrogen-bond donors (Lipinski definition) is 1. The van der Waals surface area contributed by atoms with E-state index in [1.54, 1.807) is 0 Å². The minimum absolute atomic E-state index is 0.156. The highest BCUT2D eigenvalue weighted by atomic mass is 35.5. The first-order valence-electron chi connectivity index (χ1n) is 6.23. The predicted molar refractivity (Wildman–Crippen MR) is 69.2 cm³/mol. The fraction of sp³-hybridized carbons (Fsp3) is 0.571. The van der Waals surface area contributed by atoms with Crippen LogP contribution in [0.1, 0.15) is 37.2 Å². The van der Waals surface area contributed by atoms with Crippen LogP contribution < -0.4 is 0 Å². The van der Waals surface area contributed by atoms with E-state index in [0.29, 0.717) is 18.4 Å². The fourth-order valence-corrected chi connectivity index (χ4v) is 2.74. The molecular formula is C14H19ClO2. The molecule has 1 aliphatic carbocycles. The lowest BCUT2D eigenvalue weighted by Gasteiger charge is -2.28. The van der Waals surface area contributed by atoms with E-state index < -0.39 is 0 Å². The largest absolute Gasteiger partial charge is 0.371 e. The van der Waals surface area contributed by atoms with Gasteiger partial charge < -0.3 is 9.84 Å². The van der Waals surface area contributed by atoms with E-state index in [4.69, 9.17) is 21.4 Å². The number of rotatable bonds is 4. The van der Waals surface area contributed by atoms with Gasteiger partial charge in [0, 0.05) is 5.02 Å². The van der Waals surface area contributed by atoms with E-state index in [1.807, 2.05) is 12.1 Å². The summed E-state index contributed by atoms with van der Waals surface area (Å²) < 4.78 is 5.07. The van der Waals surface area contributed by atoms with Crippen molar-refractivity contribution >= 4 is 11.6 Å². The molecule has 0 aromatic heterocycles. The van der Waals surface area contributed by atoms with Gasteiger partial charge in [-0.05, 0) is 55.2 Å². The van der Waals surface area contributed by atoms with Crippen LogP contribution in [0.5, 0.6) is 0 Å². The first-order valence-corrected chi connectivity index (χ1v) is 6.61. The molecule has 0 spiro atoms. The number of aliphatic hydroxyl groups excluding tert-OH is 1. The second kappa shape index (κ2) is 6.39. The Kier molecular flexibility index (Phi) is 4.84. The van der Waals surface area contributed by atoms with Gasteiger partial charge in [-0.25, -0.2) is 0 Å². The lowest BCUT2D eigenvalue weighted by molar-refractivity contribution is -0.0231. The van der Waals surface area contributed by atoms with Crippen LogP contribution in [0.3, 0.4) is 0 Å². The van der Waals surface area contributed by atoms with E-state index >= 15 is 0 Å². The molecule has 1 N–H and O–H groups in total. The molecule has 0 amide bonds. The van der Waals surface area contributed by atoms with Crippen LogP contribution in [0.15, 0.2) is 24.3 Å². The summed E-state index contributed by atoms with van der Waals surface area (Å²) in [5.41, 5.74) is 1.40. The summed E-state index contributed by atoms with van der Waals surface area (Å²) in [6, 6.07) is 8.21. The van der Waals surface area contributed by atoms with Crippen LogP contribution in [-0.2, 0) is 4.74 Å². The average Bonchev–Trinajstić information content (AvgIpc) is 2.38. The van der Waals surface area contributed by atoms with Gasteiger partial charge in [-0.1, -0.05) is 23.7 Å². The Bertz CT molecular complexity index is 329. The highest BCUT2D eigenvalue weighted by Crippen LogP contribution is 2.36. The van der Waals surface area contributed by atoms with Crippen LogP contribution >= 0.6 is 11.6 Å². The van der Waals surface area contributed by atoms with Crippen LogP contribution in [-0.4, -0.2) is 18.5 Å². The fourth-order valence-electron chi connectivity index (χ4n) is 2.62. The second-order valence-electron chi connectivity index (χ2n) is 4.77. The molecule has 1 aromatic rings. The Hall–Kier alpha value is -0.570. The summed E-state index contributed by atoms with van der Waals surface area (Å²) in [4.78, 5) is 0. The van der Waals surface area contributed by atoms with Crippen molar-refractivity contribution in [1.29, 1.82) is 0 Å². The van der Waals surface area contributed by atoms with Gasteiger partial charge in [-0.3, -0.25) is 0 Å². The van der Waals surface area contributed by atoms with Crippen LogP contribution in [0, 0.1) is 5.92 Å². The molecule has 0 bridgehead atoms. The molecule has 0 radical (unpaired) electrons. The van der Waals surface area contributed by atoms with Crippen molar-refractivity contribution in [2.24, 2.45) is 5.92 Å². The Morgan fingerprint density at radius 3 is 2.35 bits per heavy atom. The Morgan fingerprint density at radius 1 is 1.12 bits per heavy atom. The molecule has 94 valence electrons. The van der Waals surface area contributed by atoms with Gasteiger partial charge in [-0.2, -0.15) is 0 Å². The van der Waals surface area contributed by atoms with E-state index in [2.05, 4.69) is 12.1 Å². The standard InChI is InChI=1S/C14H19ClO2/c15-14-7-5-13(6-8-14)12-3-1-11(2-4-12)9-17-10-16/h5-8,11-12,16H,1-4,9-10H2. The zero-order valence-electron chi connectivity index (χ0n) is 9.94. The van der Waals surface area contributed by atoms with E-state index in [9.17, 15) is 0 Å². The molecule has 2 rings (SSSR count). The van der Waals surface area contributed by atoms with Crippen molar-refractivity contribution in [3.63, 3.8) is 0 Å². The van der Waals surface area contributed by atoms with Crippen LogP contribution in [0.2, 0.25) is 5.02 Å². The number of halogens is 1. The highest BCUT2D eigenvalue weighted by molar-refractivity contribution is 6.30. The maximum Gasteiger partial charge on any atom is 0.143 e. The summed E-state index contributed by atoms with van der Waals surface area (Å²) in [6.07, 6.45) is 4.79. The zero-order valence-corrected chi connectivity index (χ0v) is 10.7. The lowest BCUT2D eigenvalue weighted by atomic mass is 9.79. The molecule has 1 aliphatic rings. The molecular weight excluding hydrogens is 236 g/mol. The third kappa shape index (κ3) is 3.70. The maximum absolute atomic E-state index is 8.62. The maximum atomic E-state index is 8.62. The molecule has 0 saturated heterocycles. The minimum Gasteiger partial charge on any atom is -0.371 e. The Morgan fingerprint density at radius 2 is 1.76 bits per heavy atom. The van der Waals surface area contributed by atoms with Gasteiger partial charge >= 0.3 is 0 Å². The molecule has 0 unspecified atom stereocenters. The van der Waals surface area contributed by atoms with Crippen molar-refractivity contribution in [1.82, 2.24) is 0 Å².